The number of nitrogens with zero attached hydrogens (tertiary/aromatic N) is 3. The molecule has 1 atom stereocenters. The van der Waals surface area contributed by atoms with E-state index in [4.69, 9.17) is 4.74 Å². The van der Waals surface area contributed by atoms with E-state index in [0.717, 1.165) is 37.3 Å². The highest BCUT2D eigenvalue weighted by atomic mass is 16.5. The van der Waals surface area contributed by atoms with E-state index in [9.17, 15) is 0 Å². The third-order valence-electron chi connectivity index (χ3n) is 7.46. The van der Waals surface area contributed by atoms with Gasteiger partial charge in [0, 0.05) is 19.1 Å². The fraction of sp³-hybridized carbons (Fsp3) is 0.760. The SMILES string of the molecule is CN1CCC(N(C)CCCOc2ccc3c(c2)CCC(CN2CCCC2)C3)CC1. The Kier molecular flexibility index (Phi) is 7.49. The van der Waals surface area contributed by atoms with E-state index >= 15 is 0 Å². The number of piperidine rings is 1. The van der Waals surface area contributed by atoms with Crippen LogP contribution in [0, 0.1) is 5.92 Å². The maximum atomic E-state index is 6.12. The number of likely N-dealkylation sites (tertiary alicyclic amines) is 2. The molecule has 0 aromatic heterocycles. The molecule has 0 amide bonds. The van der Waals surface area contributed by atoms with Gasteiger partial charge in [-0.3, -0.25) is 0 Å². The summed E-state index contributed by atoms with van der Waals surface area (Å²) in [5, 5.41) is 0. The van der Waals surface area contributed by atoms with Crippen molar-refractivity contribution < 1.29 is 4.74 Å². The Morgan fingerprint density at radius 1 is 1.03 bits per heavy atom. The van der Waals surface area contributed by atoms with E-state index in [2.05, 4.69) is 47.0 Å². The minimum Gasteiger partial charge on any atom is -0.494 e. The number of ether oxygens (including phenoxy) is 1. The molecule has 1 aromatic rings. The smallest absolute Gasteiger partial charge is 0.119 e. The van der Waals surface area contributed by atoms with E-state index in [1.807, 2.05) is 0 Å². The highest BCUT2D eigenvalue weighted by Gasteiger charge is 2.23. The van der Waals surface area contributed by atoms with Crippen LogP contribution in [-0.4, -0.2) is 80.7 Å². The van der Waals surface area contributed by atoms with Gasteiger partial charge in [-0.2, -0.15) is 0 Å². The van der Waals surface area contributed by atoms with Crippen LogP contribution < -0.4 is 4.74 Å². The molecule has 2 aliphatic heterocycles. The fourth-order valence-electron chi connectivity index (χ4n) is 5.51. The number of rotatable bonds is 8. The number of hydrogen-bond acceptors (Lipinski definition) is 4. The number of fused-ring (bicyclic) bond motifs is 1. The molecule has 0 bridgehead atoms. The Bertz CT molecular complexity index is 635. The molecule has 0 radical (unpaired) electrons. The first-order valence-electron chi connectivity index (χ1n) is 12.0. The zero-order valence-electron chi connectivity index (χ0n) is 18.7. The molecule has 1 aromatic carbocycles. The van der Waals surface area contributed by atoms with Crippen molar-refractivity contribution in [1.29, 1.82) is 0 Å². The van der Waals surface area contributed by atoms with Crippen molar-refractivity contribution >= 4 is 0 Å². The predicted octanol–water partition coefficient (Wildman–Crippen LogP) is 3.68. The van der Waals surface area contributed by atoms with E-state index in [1.165, 1.54) is 83.2 Å². The molecule has 3 aliphatic rings. The minimum absolute atomic E-state index is 0.753. The topological polar surface area (TPSA) is 19.0 Å². The standard InChI is InChI=1S/C25H41N3O/c1-26-15-10-24(11-16-26)27(2)12-5-17-29-25-9-8-22-18-21(6-7-23(22)19-25)20-28-13-3-4-14-28/h8-9,19,21,24H,3-7,10-18,20H2,1-2H3. The van der Waals surface area contributed by atoms with Crippen LogP contribution in [0.5, 0.6) is 5.75 Å². The largest absolute Gasteiger partial charge is 0.494 e. The Hall–Kier alpha value is -1.10. The summed E-state index contributed by atoms with van der Waals surface area (Å²) in [6.07, 6.45) is 10.3. The molecule has 0 saturated carbocycles. The van der Waals surface area contributed by atoms with Gasteiger partial charge in [-0.05, 0) is 121 Å². The number of aryl methyl sites for hydroxylation is 1. The maximum Gasteiger partial charge on any atom is 0.119 e. The average Bonchev–Trinajstić information content (AvgIpc) is 3.24. The van der Waals surface area contributed by atoms with Gasteiger partial charge >= 0.3 is 0 Å². The van der Waals surface area contributed by atoms with Gasteiger partial charge in [-0.15, -0.1) is 0 Å². The van der Waals surface area contributed by atoms with Gasteiger partial charge in [0.05, 0.1) is 6.61 Å². The third-order valence-corrected chi connectivity index (χ3v) is 7.46. The molecule has 4 rings (SSSR count). The van der Waals surface area contributed by atoms with E-state index < -0.39 is 0 Å². The van der Waals surface area contributed by atoms with Crippen LogP contribution >= 0.6 is 0 Å². The zero-order chi connectivity index (χ0) is 20.1. The zero-order valence-corrected chi connectivity index (χ0v) is 18.7. The van der Waals surface area contributed by atoms with Crippen LogP contribution in [0.3, 0.4) is 0 Å². The normalized spacial score (nSPS) is 24.2. The van der Waals surface area contributed by atoms with Gasteiger partial charge in [0.2, 0.25) is 0 Å². The van der Waals surface area contributed by atoms with Gasteiger partial charge in [-0.25, -0.2) is 0 Å². The van der Waals surface area contributed by atoms with Crippen molar-refractivity contribution in [3.8, 4) is 5.75 Å². The maximum absolute atomic E-state index is 6.12. The molecule has 1 unspecified atom stereocenters. The van der Waals surface area contributed by atoms with Crippen molar-refractivity contribution in [2.45, 2.75) is 57.4 Å². The first-order valence-corrected chi connectivity index (χ1v) is 12.0. The summed E-state index contributed by atoms with van der Waals surface area (Å²) in [6.45, 7) is 8.39. The van der Waals surface area contributed by atoms with Gasteiger partial charge in [-0.1, -0.05) is 6.07 Å². The van der Waals surface area contributed by atoms with Crippen LogP contribution in [0.4, 0.5) is 0 Å². The lowest BCUT2D eigenvalue weighted by Gasteiger charge is -2.35. The predicted molar refractivity (Wildman–Crippen MR) is 121 cm³/mol. The quantitative estimate of drug-likeness (QED) is 0.621. The van der Waals surface area contributed by atoms with Gasteiger partial charge < -0.3 is 19.4 Å². The van der Waals surface area contributed by atoms with Crippen LogP contribution in [0.15, 0.2) is 18.2 Å². The Morgan fingerprint density at radius 3 is 2.62 bits per heavy atom. The summed E-state index contributed by atoms with van der Waals surface area (Å²) < 4.78 is 6.12. The van der Waals surface area contributed by atoms with E-state index in [1.54, 1.807) is 5.56 Å². The monoisotopic (exact) mass is 399 g/mol. The van der Waals surface area contributed by atoms with Crippen LogP contribution in [-0.2, 0) is 12.8 Å². The summed E-state index contributed by atoms with van der Waals surface area (Å²) in [7, 11) is 4.52. The third kappa shape index (κ3) is 5.96. The summed E-state index contributed by atoms with van der Waals surface area (Å²) in [6, 6.07) is 7.62. The first-order chi connectivity index (χ1) is 14.2. The lowest BCUT2D eigenvalue weighted by molar-refractivity contribution is 0.137. The van der Waals surface area contributed by atoms with Crippen LogP contribution in [0.25, 0.3) is 0 Å². The molecular formula is C25H41N3O. The molecule has 0 spiro atoms. The lowest BCUT2D eigenvalue weighted by atomic mass is 9.83. The molecule has 29 heavy (non-hydrogen) atoms. The second kappa shape index (κ2) is 10.3. The van der Waals surface area contributed by atoms with Gasteiger partial charge in [0.1, 0.15) is 5.75 Å². The minimum atomic E-state index is 0.753. The molecule has 162 valence electrons. The van der Waals surface area contributed by atoms with E-state index in [-0.39, 0.29) is 0 Å². The van der Waals surface area contributed by atoms with Crippen LogP contribution in [0.1, 0.15) is 49.7 Å². The van der Waals surface area contributed by atoms with Crippen molar-refractivity contribution in [2.24, 2.45) is 5.92 Å². The van der Waals surface area contributed by atoms with Crippen molar-refractivity contribution in [1.82, 2.24) is 14.7 Å². The van der Waals surface area contributed by atoms with Gasteiger partial charge in [0.15, 0.2) is 0 Å². The average molecular weight is 400 g/mol. The van der Waals surface area contributed by atoms with Crippen molar-refractivity contribution in [3.63, 3.8) is 0 Å². The summed E-state index contributed by atoms with van der Waals surface area (Å²) >= 11 is 0. The molecule has 4 heteroatoms. The van der Waals surface area contributed by atoms with E-state index in [0.29, 0.717) is 0 Å². The summed E-state index contributed by atoms with van der Waals surface area (Å²) in [5.74, 6) is 1.92. The molecule has 2 fully saturated rings. The molecular weight excluding hydrogens is 358 g/mol. The molecule has 2 saturated heterocycles. The molecule has 1 aliphatic carbocycles. The molecule has 0 N–H and O–H groups in total. The second-order valence-corrected chi connectivity index (χ2v) is 9.76. The van der Waals surface area contributed by atoms with Crippen molar-refractivity contribution in [2.75, 3.05) is 60.0 Å². The molecule has 4 nitrogen and oxygen atoms in total. The summed E-state index contributed by atoms with van der Waals surface area (Å²) in [5.41, 5.74) is 3.10. The second-order valence-electron chi connectivity index (χ2n) is 9.76. The molecule has 2 heterocycles. The first kappa shape index (κ1) is 21.1. The van der Waals surface area contributed by atoms with Gasteiger partial charge in [0.25, 0.3) is 0 Å². The number of benzene rings is 1. The number of hydrogen-bond donors (Lipinski definition) is 0. The van der Waals surface area contributed by atoms with Crippen LogP contribution in [0.2, 0.25) is 0 Å². The Morgan fingerprint density at radius 2 is 1.83 bits per heavy atom. The summed E-state index contributed by atoms with van der Waals surface area (Å²) in [4.78, 5) is 7.66. The Balaban J connectivity index is 1.18. The van der Waals surface area contributed by atoms with Crippen molar-refractivity contribution in [3.05, 3.63) is 29.3 Å². The highest BCUT2D eigenvalue weighted by molar-refractivity contribution is 5.37. The fourth-order valence-corrected chi connectivity index (χ4v) is 5.51. The Labute approximate surface area is 178 Å². The lowest BCUT2D eigenvalue weighted by Crippen LogP contribution is -2.42. The highest BCUT2D eigenvalue weighted by Crippen LogP contribution is 2.30.